The van der Waals surface area contributed by atoms with E-state index in [2.05, 4.69) is 0 Å². The van der Waals surface area contributed by atoms with Gasteiger partial charge in [0.1, 0.15) is 5.75 Å². The Morgan fingerprint density at radius 1 is 0.963 bits per heavy atom. The standard InChI is InChI=1S/C19H22ClNO6/c1-5-25-16(22)9-7-13-11-15(20)12-14(8-10-17(23)26-6-2)18(13)27-19(24)21(3)4/h7-12H,5-6H2,1-4H3/b9-7+,10-8+. The Hall–Kier alpha value is -2.80. The van der Waals surface area contributed by atoms with E-state index in [0.717, 1.165) is 0 Å². The number of rotatable bonds is 7. The van der Waals surface area contributed by atoms with E-state index in [9.17, 15) is 14.4 Å². The summed E-state index contributed by atoms with van der Waals surface area (Å²) in [5.41, 5.74) is 0.739. The minimum atomic E-state index is -0.631. The SMILES string of the molecule is CCOC(=O)/C=C/c1cc(Cl)cc(/C=C/C(=O)OCC)c1OC(=O)N(C)C. The highest BCUT2D eigenvalue weighted by molar-refractivity contribution is 6.31. The van der Waals surface area contributed by atoms with Crippen molar-refractivity contribution in [2.45, 2.75) is 13.8 Å². The third-order valence-corrected chi connectivity index (χ3v) is 3.26. The van der Waals surface area contributed by atoms with Gasteiger partial charge in [-0.05, 0) is 38.1 Å². The van der Waals surface area contributed by atoms with Crippen molar-refractivity contribution in [2.75, 3.05) is 27.3 Å². The van der Waals surface area contributed by atoms with E-state index in [1.165, 1.54) is 55.4 Å². The van der Waals surface area contributed by atoms with Crippen molar-refractivity contribution in [3.05, 3.63) is 40.4 Å². The lowest BCUT2D eigenvalue weighted by molar-refractivity contribution is -0.138. The zero-order valence-electron chi connectivity index (χ0n) is 15.7. The first-order valence-corrected chi connectivity index (χ1v) is 8.58. The van der Waals surface area contributed by atoms with Crippen LogP contribution in [0.3, 0.4) is 0 Å². The van der Waals surface area contributed by atoms with Crippen LogP contribution in [-0.2, 0) is 19.1 Å². The second-order valence-electron chi connectivity index (χ2n) is 5.35. The number of amides is 1. The van der Waals surface area contributed by atoms with Crippen LogP contribution in [-0.4, -0.2) is 50.2 Å². The Morgan fingerprint density at radius 2 is 1.41 bits per heavy atom. The van der Waals surface area contributed by atoms with E-state index in [4.69, 9.17) is 25.8 Å². The predicted octanol–water partition coefficient (Wildman–Crippen LogP) is 3.55. The Kier molecular flexibility index (Phi) is 9.08. The summed E-state index contributed by atoms with van der Waals surface area (Å²) in [5, 5.41) is 0.326. The first-order valence-electron chi connectivity index (χ1n) is 8.20. The molecule has 0 aliphatic heterocycles. The van der Waals surface area contributed by atoms with Crippen LogP contribution >= 0.6 is 11.6 Å². The van der Waals surface area contributed by atoms with E-state index < -0.39 is 18.0 Å². The highest BCUT2D eigenvalue weighted by atomic mass is 35.5. The van der Waals surface area contributed by atoms with Crippen molar-refractivity contribution in [1.82, 2.24) is 4.90 Å². The molecule has 0 spiro atoms. The molecule has 1 rings (SSSR count). The van der Waals surface area contributed by atoms with Crippen LogP contribution < -0.4 is 4.74 Å². The number of hydrogen-bond acceptors (Lipinski definition) is 6. The molecule has 0 unspecified atom stereocenters. The fourth-order valence-electron chi connectivity index (χ4n) is 1.88. The average Bonchev–Trinajstić information content (AvgIpc) is 2.60. The summed E-state index contributed by atoms with van der Waals surface area (Å²) in [6.45, 7) is 3.84. The first-order chi connectivity index (χ1) is 12.8. The second kappa shape index (κ2) is 11.0. The molecule has 0 saturated carbocycles. The molecule has 0 heterocycles. The fraction of sp³-hybridized carbons (Fsp3) is 0.316. The largest absolute Gasteiger partial charge is 0.463 e. The number of benzene rings is 1. The zero-order chi connectivity index (χ0) is 20.4. The molecule has 0 radical (unpaired) electrons. The fourth-order valence-corrected chi connectivity index (χ4v) is 2.11. The molecule has 8 heteroatoms. The van der Waals surface area contributed by atoms with Crippen molar-refractivity contribution in [3.8, 4) is 5.75 Å². The maximum atomic E-state index is 12.0. The van der Waals surface area contributed by atoms with E-state index in [1.54, 1.807) is 13.8 Å². The third-order valence-electron chi connectivity index (χ3n) is 3.04. The molecular formula is C19H22ClNO6. The summed E-state index contributed by atoms with van der Waals surface area (Å²) in [5.74, 6) is -0.962. The monoisotopic (exact) mass is 395 g/mol. The number of halogens is 1. The molecule has 1 aromatic carbocycles. The molecule has 0 saturated heterocycles. The molecule has 0 atom stereocenters. The number of carbonyl (C=O) groups is 3. The molecular weight excluding hydrogens is 374 g/mol. The van der Waals surface area contributed by atoms with Gasteiger partial charge in [0.05, 0.1) is 13.2 Å². The number of esters is 2. The van der Waals surface area contributed by atoms with Gasteiger partial charge in [-0.2, -0.15) is 0 Å². The lowest BCUT2D eigenvalue weighted by atomic mass is 10.1. The number of carbonyl (C=O) groups excluding carboxylic acids is 3. The molecule has 27 heavy (non-hydrogen) atoms. The second-order valence-corrected chi connectivity index (χ2v) is 5.78. The van der Waals surface area contributed by atoms with Crippen molar-refractivity contribution < 1.29 is 28.6 Å². The minimum Gasteiger partial charge on any atom is -0.463 e. The zero-order valence-corrected chi connectivity index (χ0v) is 16.4. The van der Waals surface area contributed by atoms with Crippen molar-refractivity contribution >= 4 is 41.8 Å². The van der Waals surface area contributed by atoms with Gasteiger partial charge in [0, 0.05) is 42.4 Å². The lowest BCUT2D eigenvalue weighted by Gasteiger charge is -2.15. The quantitative estimate of drug-likeness (QED) is 0.518. The lowest BCUT2D eigenvalue weighted by Crippen LogP contribution is -2.25. The van der Waals surface area contributed by atoms with Crippen LogP contribution in [0, 0.1) is 0 Å². The molecule has 0 aromatic heterocycles. The highest BCUT2D eigenvalue weighted by Gasteiger charge is 2.15. The summed E-state index contributed by atoms with van der Waals surface area (Å²) in [6.07, 6.45) is 4.60. The minimum absolute atomic E-state index is 0.138. The number of ether oxygens (including phenoxy) is 3. The van der Waals surface area contributed by atoms with Gasteiger partial charge >= 0.3 is 18.0 Å². The smallest absolute Gasteiger partial charge is 0.414 e. The van der Waals surface area contributed by atoms with Crippen molar-refractivity contribution in [1.29, 1.82) is 0 Å². The predicted molar refractivity (Wildman–Crippen MR) is 102 cm³/mol. The molecule has 0 fully saturated rings. The van der Waals surface area contributed by atoms with E-state index in [-0.39, 0.29) is 19.0 Å². The van der Waals surface area contributed by atoms with Gasteiger partial charge in [-0.3, -0.25) is 0 Å². The molecule has 0 bridgehead atoms. The Bertz CT molecular complexity index is 706. The van der Waals surface area contributed by atoms with Gasteiger partial charge in [-0.15, -0.1) is 0 Å². The average molecular weight is 396 g/mol. The third kappa shape index (κ3) is 7.53. The summed E-state index contributed by atoms with van der Waals surface area (Å²) in [6, 6.07) is 3.05. The van der Waals surface area contributed by atoms with Gasteiger partial charge in [0.25, 0.3) is 0 Å². The van der Waals surface area contributed by atoms with Crippen LogP contribution in [0.1, 0.15) is 25.0 Å². The molecule has 146 valence electrons. The Morgan fingerprint density at radius 3 is 1.78 bits per heavy atom. The molecule has 1 aromatic rings. The van der Waals surface area contributed by atoms with Gasteiger partial charge in [-0.1, -0.05) is 11.6 Å². The van der Waals surface area contributed by atoms with E-state index in [1.807, 2.05) is 0 Å². The van der Waals surface area contributed by atoms with Gasteiger partial charge in [0.2, 0.25) is 0 Å². The van der Waals surface area contributed by atoms with Crippen LogP contribution in [0.15, 0.2) is 24.3 Å². The normalized spacial score (nSPS) is 10.9. The summed E-state index contributed by atoms with van der Waals surface area (Å²) >= 11 is 6.12. The molecule has 0 N–H and O–H groups in total. The molecule has 1 amide bonds. The van der Waals surface area contributed by atoms with Crippen molar-refractivity contribution in [2.24, 2.45) is 0 Å². The van der Waals surface area contributed by atoms with E-state index in [0.29, 0.717) is 16.1 Å². The topological polar surface area (TPSA) is 82.1 Å². The summed E-state index contributed by atoms with van der Waals surface area (Å²) in [7, 11) is 3.06. The number of nitrogens with zero attached hydrogens (tertiary/aromatic N) is 1. The Balaban J connectivity index is 3.36. The molecule has 0 aliphatic carbocycles. The van der Waals surface area contributed by atoms with Crippen LogP contribution in [0.4, 0.5) is 4.79 Å². The van der Waals surface area contributed by atoms with E-state index >= 15 is 0 Å². The summed E-state index contributed by atoms with van der Waals surface area (Å²) in [4.78, 5) is 36.4. The molecule has 7 nitrogen and oxygen atoms in total. The van der Waals surface area contributed by atoms with Crippen LogP contribution in [0.25, 0.3) is 12.2 Å². The highest BCUT2D eigenvalue weighted by Crippen LogP contribution is 2.31. The van der Waals surface area contributed by atoms with Gasteiger partial charge in [-0.25, -0.2) is 14.4 Å². The first kappa shape index (κ1) is 22.2. The van der Waals surface area contributed by atoms with Gasteiger partial charge < -0.3 is 19.1 Å². The maximum absolute atomic E-state index is 12.0. The maximum Gasteiger partial charge on any atom is 0.414 e. The summed E-state index contributed by atoms with van der Waals surface area (Å²) < 4.78 is 15.1. The van der Waals surface area contributed by atoms with Gasteiger partial charge in [0.15, 0.2) is 0 Å². The Labute approximate surface area is 163 Å². The number of hydrogen-bond donors (Lipinski definition) is 0. The molecule has 0 aliphatic rings. The van der Waals surface area contributed by atoms with Crippen molar-refractivity contribution in [3.63, 3.8) is 0 Å². The van der Waals surface area contributed by atoms with Crippen LogP contribution in [0.2, 0.25) is 5.02 Å². The van der Waals surface area contributed by atoms with Crippen LogP contribution in [0.5, 0.6) is 5.75 Å².